The van der Waals surface area contributed by atoms with Gasteiger partial charge >= 0.3 is 17.9 Å². The summed E-state index contributed by atoms with van der Waals surface area (Å²) < 4.78 is 16.8. The Balaban J connectivity index is -0.000000567. The van der Waals surface area contributed by atoms with E-state index in [2.05, 4.69) is 74.0 Å². The number of carbonyl (C=O) groups excluding carboxylic acids is 7. The molecule has 1 fully saturated rings. The Labute approximate surface area is 509 Å². The van der Waals surface area contributed by atoms with Crippen molar-refractivity contribution in [2.75, 3.05) is 34.3 Å². The number of aliphatic hydroxyl groups excluding tert-OH is 1. The third kappa shape index (κ3) is 44.4. The second-order valence-electron chi connectivity index (χ2n) is 21.8. The van der Waals surface area contributed by atoms with Crippen molar-refractivity contribution in [2.24, 2.45) is 35.5 Å². The zero-order chi connectivity index (χ0) is 65.9. The van der Waals surface area contributed by atoms with E-state index in [0.29, 0.717) is 37.7 Å². The van der Waals surface area contributed by atoms with Gasteiger partial charge in [0.25, 0.3) is 24.8 Å². The Morgan fingerprint density at radius 2 is 1.13 bits per heavy atom. The molecule has 19 heteroatoms. The molecule has 85 heavy (non-hydrogen) atoms. The maximum absolute atomic E-state index is 13.3. The van der Waals surface area contributed by atoms with E-state index in [9.17, 15) is 28.8 Å². The SMILES string of the molecule is CC.CC(C)CCC(Cc1ccccc1)C(=O)OCC1=CCCC=C1.CC(C)O.CC=O.CNC(=O)C(C)CCC(C)C.CNC(=O)C(Cc1ccccc1)OC(=O)C(CC(C)C)N1CCC(OC(=O)C(CC(C)C)NC)C1=O.O=CO.O=CO. The van der Waals surface area contributed by atoms with E-state index in [4.69, 9.17) is 43.9 Å². The first-order valence-electron chi connectivity index (χ1n) is 29.9. The predicted molar refractivity (Wildman–Crippen MR) is 336 cm³/mol. The van der Waals surface area contributed by atoms with Gasteiger partial charge in [0.05, 0.1) is 5.92 Å². The molecule has 2 aromatic rings. The standard InChI is InChI=1S/C27H41N3O6.C21H28O2.C9H19NO.C3H8O.C2H4O.C2H6.2CH2O2/c1-17(2)14-20(28-5)26(33)35-22-12-13-30(25(22)32)21(15-18(3)4)27(34)36-23(24(31)29-6)16-19-10-8-7-9-11-19;1-17(2)13-14-20(15-18-9-5-3-6-10-18)21(22)23-16-19-11-7-4-8-12-19;1-7(2)5-6-8(3)9(11)10-4;1-3(2)4;1-2-3;1-2;2*2-1-3/h7-11,17-18,20-23,28H,12-16H2,1-6H3,(H,29,31);3,5-7,9-12,17,20H,4,8,13-16H2,1-2H3;7-8H,5-6H2,1-4H3,(H,10,11);3-4H,1-2H3;2H,1H3;1-2H3;2*1H,(H,2,3). The van der Waals surface area contributed by atoms with Crippen molar-refractivity contribution in [3.05, 3.63) is 95.6 Å². The summed E-state index contributed by atoms with van der Waals surface area (Å²) in [6.07, 6.45) is 13.4. The van der Waals surface area contributed by atoms with Crippen LogP contribution in [0.3, 0.4) is 0 Å². The van der Waals surface area contributed by atoms with Gasteiger partial charge in [-0.1, -0.05) is 168 Å². The Bertz CT molecular complexity index is 2130. The van der Waals surface area contributed by atoms with E-state index < -0.39 is 48.0 Å². The minimum Gasteiger partial charge on any atom is -0.483 e. The van der Waals surface area contributed by atoms with Crippen molar-refractivity contribution in [2.45, 2.75) is 198 Å². The first-order valence-corrected chi connectivity index (χ1v) is 29.9. The van der Waals surface area contributed by atoms with E-state index in [-0.39, 0.29) is 67.6 Å². The number of amides is 3. The summed E-state index contributed by atoms with van der Waals surface area (Å²) in [5.74, 6) is -0.0615. The molecule has 1 aliphatic carbocycles. The molecular formula is C66H110N4O15. The van der Waals surface area contributed by atoms with Crippen LogP contribution in [0.4, 0.5) is 0 Å². The number of likely N-dealkylation sites (tertiary alicyclic amines) is 1. The number of nitrogens with zero attached hydrogens (tertiary/aromatic N) is 1. The highest BCUT2D eigenvalue weighted by atomic mass is 16.6. The number of esters is 3. The van der Waals surface area contributed by atoms with Crippen molar-refractivity contribution >= 4 is 54.9 Å². The first kappa shape index (κ1) is 84.7. The minimum absolute atomic E-state index is 0.0482. The molecule has 2 aliphatic rings. The molecule has 0 aromatic heterocycles. The van der Waals surface area contributed by atoms with Crippen LogP contribution in [-0.4, -0.2) is 140 Å². The Hall–Kier alpha value is -6.73. The molecule has 0 bridgehead atoms. The molecule has 0 radical (unpaired) electrons. The molecule has 6 N–H and O–H groups in total. The molecule has 484 valence electrons. The normalized spacial score (nSPS) is 14.5. The smallest absolute Gasteiger partial charge is 0.329 e. The second kappa shape index (κ2) is 54.0. The zero-order valence-electron chi connectivity index (χ0n) is 54.5. The lowest BCUT2D eigenvalue weighted by Gasteiger charge is -2.29. The van der Waals surface area contributed by atoms with Gasteiger partial charge in [0, 0.05) is 45.5 Å². The van der Waals surface area contributed by atoms with Gasteiger partial charge < -0.3 is 55.2 Å². The highest BCUT2D eigenvalue weighted by Gasteiger charge is 2.43. The molecular weight excluding hydrogens is 1090 g/mol. The molecule has 19 nitrogen and oxygen atoms in total. The van der Waals surface area contributed by atoms with Gasteiger partial charge in [-0.05, 0) is 113 Å². The Morgan fingerprint density at radius 1 is 0.659 bits per heavy atom. The van der Waals surface area contributed by atoms with Crippen LogP contribution in [0.5, 0.6) is 0 Å². The van der Waals surface area contributed by atoms with E-state index in [1.165, 1.54) is 24.4 Å². The number of nitrogens with one attached hydrogen (secondary N) is 3. The van der Waals surface area contributed by atoms with Gasteiger partial charge in [-0.2, -0.15) is 0 Å². The average Bonchev–Trinajstić information content (AvgIpc) is 3.97. The van der Waals surface area contributed by atoms with Crippen LogP contribution in [0.25, 0.3) is 0 Å². The number of ether oxygens (including phenoxy) is 3. The van der Waals surface area contributed by atoms with Crippen LogP contribution < -0.4 is 16.0 Å². The van der Waals surface area contributed by atoms with E-state index >= 15 is 0 Å². The van der Waals surface area contributed by atoms with Crippen LogP contribution in [0.15, 0.2) is 84.5 Å². The number of hydrogen-bond acceptors (Lipinski definition) is 14. The molecule has 0 spiro atoms. The third-order valence-electron chi connectivity index (χ3n) is 12.3. The van der Waals surface area contributed by atoms with Crippen LogP contribution in [-0.2, 0) is 70.2 Å². The fraction of sp³-hybridized carbons (Fsp3) is 0.621. The summed E-state index contributed by atoms with van der Waals surface area (Å²) >= 11 is 0. The maximum atomic E-state index is 13.3. The molecule has 6 atom stereocenters. The second-order valence-corrected chi connectivity index (χ2v) is 21.8. The highest BCUT2D eigenvalue weighted by molar-refractivity contribution is 5.92. The first-order chi connectivity index (χ1) is 40.3. The molecule has 4 rings (SSSR count). The van der Waals surface area contributed by atoms with E-state index in [1.54, 1.807) is 27.9 Å². The summed E-state index contributed by atoms with van der Waals surface area (Å²) in [5.41, 5.74) is 3.17. The highest BCUT2D eigenvalue weighted by Crippen LogP contribution is 2.25. The minimum atomic E-state index is -1.03. The van der Waals surface area contributed by atoms with Crippen molar-refractivity contribution in [1.29, 1.82) is 0 Å². The number of rotatable bonds is 25. The van der Waals surface area contributed by atoms with Crippen molar-refractivity contribution in [3.63, 3.8) is 0 Å². The van der Waals surface area contributed by atoms with E-state index in [1.807, 2.05) is 97.0 Å². The summed E-state index contributed by atoms with van der Waals surface area (Å²) in [4.78, 5) is 102. The monoisotopic (exact) mass is 1200 g/mol. The fourth-order valence-electron chi connectivity index (χ4n) is 8.06. The van der Waals surface area contributed by atoms with Crippen LogP contribution in [0.1, 0.15) is 166 Å². The van der Waals surface area contributed by atoms with Gasteiger partial charge in [0.15, 0.2) is 12.2 Å². The van der Waals surface area contributed by atoms with Crippen LogP contribution in [0, 0.1) is 35.5 Å². The Kier molecular flexibility index (Phi) is 53.8. The summed E-state index contributed by atoms with van der Waals surface area (Å²) in [5, 5.41) is 30.0. The average molecular weight is 1200 g/mol. The number of carboxylic acid groups (broad SMARTS) is 2. The molecule has 1 saturated heterocycles. The van der Waals surface area contributed by atoms with Crippen molar-refractivity contribution in [1.82, 2.24) is 20.9 Å². The lowest BCUT2D eigenvalue weighted by molar-refractivity contribution is -0.166. The van der Waals surface area contributed by atoms with Crippen molar-refractivity contribution in [3.8, 4) is 0 Å². The van der Waals surface area contributed by atoms with Gasteiger partial charge in [-0.25, -0.2) is 4.79 Å². The largest absolute Gasteiger partial charge is 0.483 e. The quantitative estimate of drug-likeness (QED) is 0.0306. The number of benzene rings is 2. The molecule has 2 aromatic carbocycles. The number of aliphatic hydroxyl groups is 1. The lowest BCUT2D eigenvalue weighted by Crippen LogP contribution is -2.48. The molecule has 6 unspecified atom stereocenters. The summed E-state index contributed by atoms with van der Waals surface area (Å²) in [6.45, 7) is 27.7. The zero-order valence-corrected chi connectivity index (χ0v) is 54.5. The van der Waals surface area contributed by atoms with Gasteiger partial charge in [0.1, 0.15) is 25.0 Å². The molecule has 3 amide bonds. The maximum Gasteiger partial charge on any atom is 0.329 e. The van der Waals surface area contributed by atoms with Crippen molar-refractivity contribution < 1.29 is 72.7 Å². The number of allylic oxidation sites excluding steroid dienone is 2. The van der Waals surface area contributed by atoms with Gasteiger partial charge in [0.2, 0.25) is 5.91 Å². The van der Waals surface area contributed by atoms with Crippen LogP contribution in [0.2, 0.25) is 0 Å². The molecule has 1 aliphatic heterocycles. The Morgan fingerprint density at radius 3 is 1.55 bits per heavy atom. The third-order valence-corrected chi connectivity index (χ3v) is 12.3. The number of hydrogen-bond donors (Lipinski definition) is 6. The van der Waals surface area contributed by atoms with E-state index in [0.717, 1.165) is 62.4 Å². The lowest BCUT2D eigenvalue weighted by atomic mass is 9.92. The summed E-state index contributed by atoms with van der Waals surface area (Å²) in [6, 6.07) is 18.1. The number of aldehydes is 1. The number of likely N-dealkylation sites (N-methyl/N-ethyl adjacent to an activating group) is 2. The fourth-order valence-corrected chi connectivity index (χ4v) is 8.06. The summed E-state index contributed by atoms with van der Waals surface area (Å²) in [7, 11) is 4.86. The topological polar surface area (TPSA) is 281 Å². The predicted octanol–water partition coefficient (Wildman–Crippen LogP) is 10.0. The molecule has 0 saturated carbocycles. The van der Waals surface area contributed by atoms with Gasteiger partial charge in [-0.3, -0.25) is 33.6 Å². The number of carbonyl (C=O) groups is 9. The van der Waals surface area contributed by atoms with Gasteiger partial charge in [-0.15, -0.1) is 0 Å². The van der Waals surface area contributed by atoms with Crippen LogP contribution >= 0.6 is 0 Å². The molecule has 1 heterocycles.